The van der Waals surface area contributed by atoms with E-state index in [1.54, 1.807) is 21.9 Å². The number of nitrogens with one attached hydrogen (secondary N) is 1. The van der Waals surface area contributed by atoms with Gasteiger partial charge in [-0.05, 0) is 63.6 Å². The van der Waals surface area contributed by atoms with Crippen LogP contribution in [0.5, 0.6) is 5.06 Å². The maximum Gasteiger partial charge on any atom is 0.512 e. The summed E-state index contributed by atoms with van der Waals surface area (Å²) in [6.07, 6.45) is 2.27. The van der Waals surface area contributed by atoms with Crippen LogP contribution < -0.4 is 15.0 Å². The van der Waals surface area contributed by atoms with E-state index in [1.807, 2.05) is 26.0 Å². The standard InChI is InChI=1S/C24H27N3O5S3/c1-13(2)27(22(29)15-6-4-14(3)5-7-15)17-10-19(35-23(17)32-24(30)31)18-8-9-20(34-18)26-21(28)16-11-33-12-25-16/h8-15H,4-7H2,1-3H3,(H,26,28)(H,30,31)/t14-,15-. The van der Waals surface area contributed by atoms with Crippen molar-refractivity contribution in [1.82, 2.24) is 4.98 Å². The lowest BCUT2D eigenvalue weighted by Gasteiger charge is -2.33. The fourth-order valence-electron chi connectivity index (χ4n) is 4.20. The maximum atomic E-state index is 13.5. The lowest BCUT2D eigenvalue weighted by Crippen LogP contribution is -2.42. The predicted octanol–water partition coefficient (Wildman–Crippen LogP) is 6.81. The van der Waals surface area contributed by atoms with Crippen LogP contribution in [0.3, 0.4) is 0 Å². The molecule has 0 bridgehead atoms. The number of hydrogen-bond donors (Lipinski definition) is 2. The Labute approximate surface area is 215 Å². The summed E-state index contributed by atoms with van der Waals surface area (Å²) < 4.78 is 5.12. The average molecular weight is 534 g/mol. The molecule has 0 radical (unpaired) electrons. The molecule has 1 aliphatic carbocycles. The zero-order chi connectivity index (χ0) is 25.1. The average Bonchev–Trinajstić information content (AvgIpc) is 3.55. The number of rotatable bonds is 7. The van der Waals surface area contributed by atoms with Crippen LogP contribution in [0.2, 0.25) is 0 Å². The third-order valence-corrected chi connectivity index (χ3v) is 8.77. The van der Waals surface area contributed by atoms with E-state index in [1.165, 1.54) is 34.0 Å². The third-order valence-electron chi connectivity index (χ3n) is 5.99. The Morgan fingerprint density at radius 3 is 2.51 bits per heavy atom. The van der Waals surface area contributed by atoms with E-state index in [2.05, 4.69) is 17.2 Å². The molecule has 35 heavy (non-hydrogen) atoms. The van der Waals surface area contributed by atoms with Gasteiger partial charge in [0, 0.05) is 22.2 Å². The van der Waals surface area contributed by atoms with Crippen molar-refractivity contribution >= 4 is 62.7 Å². The Bertz CT molecular complexity index is 1190. The Kier molecular flexibility index (Phi) is 7.88. The monoisotopic (exact) mass is 533 g/mol. The van der Waals surface area contributed by atoms with Crippen LogP contribution in [-0.4, -0.2) is 34.1 Å². The van der Waals surface area contributed by atoms with E-state index in [-0.39, 0.29) is 28.8 Å². The molecular formula is C24H27N3O5S3. The summed E-state index contributed by atoms with van der Waals surface area (Å²) in [5.74, 6) is 0.256. The normalized spacial score (nSPS) is 17.8. The number of carbonyl (C=O) groups is 3. The van der Waals surface area contributed by atoms with Gasteiger partial charge >= 0.3 is 6.16 Å². The number of thiazole rings is 1. The summed E-state index contributed by atoms with van der Waals surface area (Å²) in [6.45, 7) is 6.05. The van der Waals surface area contributed by atoms with E-state index < -0.39 is 6.16 Å². The van der Waals surface area contributed by atoms with E-state index in [9.17, 15) is 19.5 Å². The van der Waals surface area contributed by atoms with Crippen molar-refractivity contribution in [3.63, 3.8) is 0 Å². The lowest BCUT2D eigenvalue weighted by atomic mass is 9.82. The first-order valence-electron chi connectivity index (χ1n) is 11.4. The van der Waals surface area contributed by atoms with Crippen LogP contribution in [-0.2, 0) is 4.79 Å². The molecule has 0 atom stereocenters. The van der Waals surface area contributed by atoms with Crippen molar-refractivity contribution in [3.05, 3.63) is 34.8 Å². The molecular weight excluding hydrogens is 506 g/mol. The van der Waals surface area contributed by atoms with Gasteiger partial charge in [-0.2, -0.15) is 0 Å². The minimum Gasteiger partial charge on any atom is -0.449 e. The topological polar surface area (TPSA) is 109 Å². The molecule has 11 heteroatoms. The molecule has 1 aliphatic rings. The fraction of sp³-hybridized carbons (Fsp3) is 0.417. The molecule has 0 spiro atoms. The van der Waals surface area contributed by atoms with Crippen molar-refractivity contribution in [2.75, 3.05) is 10.2 Å². The molecule has 1 saturated carbocycles. The molecule has 3 aromatic heterocycles. The number of nitrogens with zero attached hydrogens (tertiary/aromatic N) is 2. The van der Waals surface area contributed by atoms with Gasteiger partial charge in [0.05, 0.1) is 21.1 Å². The second kappa shape index (κ2) is 10.9. The third kappa shape index (κ3) is 5.91. The quantitative estimate of drug-likeness (QED) is 0.323. The highest BCUT2D eigenvalue weighted by Gasteiger charge is 2.33. The van der Waals surface area contributed by atoms with E-state index in [4.69, 9.17) is 4.74 Å². The van der Waals surface area contributed by atoms with Gasteiger partial charge in [-0.15, -0.1) is 22.7 Å². The number of ether oxygens (including phenoxy) is 1. The number of aromatic nitrogens is 1. The van der Waals surface area contributed by atoms with Crippen molar-refractivity contribution < 1.29 is 24.2 Å². The molecule has 3 heterocycles. The summed E-state index contributed by atoms with van der Waals surface area (Å²) in [4.78, 5) is 44.6. The van der Waals surface area contributed by atoms with Crippen LogP contribution in [0, 0.1) is 11.8 Å². The number of anilines is 2. The zero-order valence-corrected chi connectivity index (χ0v) is 22.1. The predicted molar refractivity (Wildman–Crippen MR) is 140 cm³/mol. The van der Waals surface area contributed by atoms with E-state index in [0.29, 0.717) is 22.3 Å². The molecule has 1 fully saturated rings. The molecule has 0 aliphatic heterocycles. The van der Waals surface area contributed by atoms with Gasteiger partial charge in [0.15, 0.2) is 0 Å². The SMILES string of the molecule is CC(C)N(c1cc(-c2ccc(NC(=O)c3cscn3)s2)sc1OC(=O)O)C(=O)[C@H]1CC[C@H](C)CC1. The molecule has 0 unspecified atom stereocenters. The van der Waals surface area contributed by atoms with Gasteiger partial charge in [0.25, 0.3) is 5.91 Å². The molecule has 3 aromatic rings. The Morgan fingerprint density at radius 2 is 1.89 bits per heavy atom. The molecule has 2 N–H and O–H groups in total. The number of amides is 2. The van der Waals surface area contributed by atoms with Crippen LogP contribution in [0.4, 0.5) is 15.5 Å². The van der Waals surface area contributed by atoms with Crippen LogP contribution in [0.25, 0.3) is 9.75 Å². The first-order chi connectivity index (χ1) is 16.7. The van der Waals surface area contributed by atoms with Gasteiger partial charge in [-0.3, -0.25) is 9.59 Å². The summed E-state index contributed by atoms with van der Waals surface area (Å²) in [7, 11) is 0. The molecule has 8 nitrogen and oxygen atoms in total. The van der Waals surface area contributed by atoms with Crippen LogP contribution in [0.1, 0.15) is 56.9 Å². The molecule has 4 rings (SSSR count). The van der Waals surface area contributed by atoms with E-state index in [0.717, 1.165) is 35.4 Å². The number of carbonyl (C=O) groups excluding carboxylic acids is 2. The second-order valence-corrected chi connectivity index (χ2v) is 11.7. The van der Waals surface area contributed by atoms with Crippen molar-refractivity contribution in [2.24, 2.45) is 11.8 Å². The summed E-state index contributed by atoms with van der Waals surface area (Å²) >= 11 is 3.87. The number of hydrogen-bond acceptors (Lipinski definition) is 8. The molecule has 0 aromatic carbocycles. The fourth-order valence-corrected chi connectivity index (χ4v) is 6.71. The van der Waals surface area contributed by atoms with Gasteiger partial charge in [-0.25, -0.2) is 9.78 Å². The molecule has 186 valence electrons. The zero-order valence-electron chi connectivity index (χ0n) is 19.6. The molecule has 0 saturated heterocycles. The van der Waals surface area contributed by atoms with Crippen molar-refractivity contribution in [1.29, 1.82) is 0 Å². The highest BCUT2D eigenvalue weighted by atomic mass is 32.1. The Hall–Kier alpha value is -2.76. The first kappa shape index (κ1) is 25.3. The Morgan fingerprint density at radius 1 is 1.14 bits per heavy atom. The van der Waals surface area contributed by atoms with Gasteiger partial charge in [-0.1, -0.05) is 18.3 Å². The van der Waals surface area contributed by atoms with Crippen molar-refractivity contribution in [3.8, 4) is 14.8 Å². The highest BCUT2D eigenvalue weighted by molar-refractivity contribution is 7.25. The molecule has 2 amide bonds. The number of thiophene rings is 2. The Balaban J connectivity index is 1.62. The van der Waals surface area contributed by atoms with Crippen LogP contribution in [0.15, 0.2) is 29.1 Å². The summed E-state index contributed by atoms with van der Waals surface area (Å²) in [5, 5.41) is 14.6. The minimum atomic E-state index is -1.43. The minimum absolute atomic E-state index is 0.00823. The lowest BCUT2D eigenvalue weighted by molar-refractivity contribution is -0.123. The smallest absolute Gasteiger partial charge is 0.449 e. The van der Waals surface area contributed by atoms with E-state index >= 15 is 0 Å². The maximum absolute atomic E-state index is 13.5. The second-order valence-electron chi connectivity index (χ2n) is 8.90. The largest absolute Gasteiger partial charge is 0.512 e. The first-order valence-corrected chi connectivity index (χ1v) is 14.0. The van der Waals surface area contributed by atoms with Gasteiger partial charge in [0.2, 0.25) is 11.0 Å². The summed E-state index contributed by atoms with van der Waals surface area (Å²) in [6, 6.07) is 5.28. The number of carboxylic acid groups (broad SMARTS) is 1. The summed E-state index contributed by atoms with van der Waals surface area (Å²) in [5.41, 5.74) is 2.41. The highest BCUT2D eigenvalue weighted by Crippen LogP contribution is 2.47. The van der Waals surface area contributed by atoms with Gasteiger partial charge < -0.3 is 20.1 Å². The van der Waals surface area contributed by atoms with Gasteiger partial charge in [0.1, 0.15) is 5.69 Å². The van der Waals surface area contributed by atoms with Crippen molar-refractivity contribution in [2.45, 2.75) is 52.5 Å². The van der Waals surface area contributed by atoms with Crippen LogP contribution >= 0.6 is 34.0 Å².